The third-order valence-corrected chi connectivity index (χ3v) is 3.21. The second-order valence-corrected chi connectivity index (χ2v) is 5.00. The van der Waals surface area contributed by atoms with Gasteiger partial charge in [-0.2, -0.15) is 0 Å². The van der Waals surface area contributed by atoms with Crippen LogP contribution in [0.1, 0.15) is 12.8 Å². The van der Waals surface area contributed by atoms with Crippen LogP contribution in [0.25, 0.3) is 0 Å². The molecule has 128 valence electrons. The minimum atomic E-state index is -0.371. The number of amides is 2. The summed E-state index contributed by atoms with van der Waals surface area (Å²) in [6.07, 6.45) is 2.22. The molecule has 1 heterocycles. The quantitative estimate of drug-likeness (QED) is 0.675. The molecule has 1 saturated heterocycles. The zero-order valence-corrected chi connectivity index (χ0v) is 13.6. The average molecular weight is 344 g/mol. The summed E-state index contributed by atoms with van der Waals surface area (Å²) in [7, 11) is 0. The van der Waals surface area contributed by atoms with Crippen LogP contribution in [-0.4, -0.2) is 44.2 Å². The second-order valence-electron chi connectivity index (χ2n) is 5.00. The first-order valence-electron chi connectivity index (χ1n) is 7.28. The van der Waals surface area contributed by atoms with Crippen LogP contribution in [0.5, 0.6) is 5.75 Å². The summed E-state index contributed by atoms with van der Waals surface area (Å²) in [4.78, 5) is 22.7. The number of halogens is 1. The molecule has 0 saturated carbocycles. The van der Waals surface area contributed by atoms with Crippen molar-refractivity contribution in [3.63, 3.8) is 0 Å². The highest BCUT2D eigenvalue weighted by molar-refractivity contribution is 5.94. The molecule has 2 rings (SSSR count). The van der Waals surface area contributed by atoms with E-state index in [0.29, 0.717) is 18.0 Å². The number of carbonyl (C=O) groups is 2. The third kappa shape index (κ3) is 6.85. The Morgan fingerprint density at radius 2 is 2.17 bits per heavy atom. The Morgan fingerprint density at radius 1 is 1.35 bits per heavy atom. The third-order valence-electron chi connectivity index (χ3n) is 3.21. The molecule has 1 aliphatic heterocycles. The molecule has 1 aromatic rings. The van der Waals surface area contributed by atoms with Gasteiger partial charge in [-0.05, 0) is 25.0 Å². The number of rotatable bonds is 7. The van der Waals surface area contributed by atoms with Crippen LogP contribution in [0.15, 0.2) is 24.3 Å². The smallest absolute Gasteiger partial charge is 0.243 e. The Morgan fingerprint density at radius 3 is 2.87 bits per heavy atom. The van der Waals surface area contributed by atoms with Crippen LogP contribution in [-0.2, 0) is 14.3 Å². The first-order chi connectivity index (χ1) is 10.7. The van der Waals surface area contributed by atoms with Crippen LogP contribution in [0, 0.1) is 0 Å². The molecule has 8 heteroatoms. The summed E-state index contributed by atoms with van der Waals surface area (Å²) in [5.41, 5.74) is 5.75. The maximum absolute atomic E-state index is 11.7. The van der Waals surface area contributed by atoms with Crippen molar-refractivity contribution in [3.8, 4) is 5.75 Å². The van der Waals surface area contributed by atoms with Gasteiger partial charge in [0.1, 0.15) is 12.4 Å². The minimum absolute atomic E-state index is 0. The Bertz CT molecular complexity index is 521. The monoisotopic (exact) mass is 343 g/mol. The highest BCUT2D eigenvalue weighted by atomic mass is 35.5. The molecule has 1 aliphatic rings. The largest absolute Gasteiger partial charge is 0.491 e. The number of nitrogens with two attached hydrogens (primary N) is 1. The average Bonchev–Trinajstić information content (AvgIpc) is 3.04. The highest BCUT2D eigenvalue weighted by Crippen LogP contribution is 2.19. The number of hydrogen-bond acceptors (Lipinski definition) is 5. The SMILES string of the molecule is Cl.NCC(=O)NCC(=O)Nc1cccc(OCC2CCCO2)c1. The van der Waals surface area contributed by atoms with Crippen LogP contribution in [0.3, 0.4) is 0 Å². The lowest BCUT2D eigenvalue weighted by Crippen LogP contribution is -2.36. The summed E-state index contributed by atoms with van der Waals surface area (Å²) in [6.45, 7) is 1.04. The van der Waals surface area contributed by atoms with Gasteiger partial charge in [0.25, 0.3) is 0 Å². The van der Waals surface area contributed by atoms with E-state index in [1.165, 1.54) is 0 Å². The molecule has 1 atom stereocenters. The van der Waals surface area contributed by atoms with Crippen molar-refractivity contribution in [2.24, 2.45) is 5.73 Å². The first-order valence-corrected chi connectivity index (χ1v) is 7.28. The van der Waals surface area contributed by atoms with Crippen molar-refractivity contribution in [1.82, 2.24) is 5.32 Å². The van der Waals surface area contributed by atoms with Gasteiger partial charge in [0.05, 0.1) is 19.2 Å². The first kappa shape index (κ1) is 19.2. The topological polar surface area (TPSA) is 103 Å². The number of carbonyl (C=O) groups excluding carboxylic acids is 2. The van der Waals surface area contributed by atoms with Gasteiger partial charge in [-0.25, -0.2) is 0 Å². The lowest BCUT2D eigenvalue weighted by molar-refractivity contribution is -0.123. The van der Waals surface area contributed by atoms with Gasteiger partial charge in [0.15, 0.2) is 0 Å². The van der Waals surface area contributed by atoms with Gasteiger partial charge >= 0.3 is 0 Å². The molecule has 0 spiro atoms. The lowest BCUT2D eigenvalue weighted by Gasteiger charge is -2.12. The molecule has 2 amide bonds. The van der Waals surface area contributed by atoms with E-state index in [0.717, 1.165) is 19.4 Å². The normalized spacial score (nSPS) is 16.3. The molecule has 1 fully saturated rings. The Balaban J connectivity index is 0.00000264. The van der Waals surface area contributed by atoms with Crippen molar-refractivity contribution < 1.29 is 19.1 Å². The van der Waals surface area contributed by atoms with Crippen molar-refractivity contribution in [3.05, 3.63) is 24.3 Å². The zero-order valence-electron chi connectivity index (χ0n) is 12.7. The number of anilines is 1. The lowest BCUT2D eigenvalue weighted by atomic mass is 10.2. The number of benzene rings is 1. The van der Waals surface area contributed by atoms with Crippen LogP contribution < -0.4 is 21.1 Å². The number of ether oxygens (including phenoxy) is 2. The predicted molar refractivity (Wildman–Crippen MR) is 88.9 cm³/mol. The predicted octanol–water partition coefficient (Wildman–Crippen LogP) is 0.680. The maximum atomic E-state index is 11.7. The van der Waals surface area contributed by atoms with E-state index >= 15 is 0 Å². The minimum Gasteiger partial charge on any atom is -0.491 e. The van der Waals surface area contributed by atoms with Crippen molar-refractivity contribution in [2.75, 3.05) is 31.6 Å². The number of nitrogens with one attached hydrogen (secondary N) is 2. The fourth-order valence-corrected chi connectivity index (χ4v) is 2.08. The molecule has 4 N–H and O–H groups in total. The van der Waals surface area contributed by atoms with Gasteiger partial charge in [-0.3, -0.25) is 9.59 Å². The summed E-state index contributed by atoms with van der Waals surface area (Å²) >= 11 is 0. The second kappa shape index (κ2) is 10.0. The van der Waals surface area contributed by atoms with Gasteiger partial charge in [0, 0.05) is 18.4 Å². The van der Waals surface area contributed by atoms with Crippen LogP contribution in [0.2, 0.25) is 0 Å². The van der Waals surface area contributed by atoms with E-state index in [-0.39, 0.29) is 43.4 Å². The zero-order chi connectivity index (χ0) is 15.8. The molecule has 0 aliphatic carbocycles. The Labute approximate surface area is 141 Å². The maximum Gasteiger partial charge on any atom is 0.243 e. The van der Waals surface area contributed by atoms with E-state index in [4.69, 9.17) is 15.2 Å². The van der Waals surface area contributed by atoms with Crippen molar-refractivity contribution >= 4 is 29.9 Å². The van der Waals surface area contributed by atoms with Crippen molar-refractivity contribution in [1.29, 1.82) is 0 Å². The van der Waals surface area contributed by atoms with Gasteiger partial charge in [-0.1, -0.05) is 6.07 Å². The Kier molecular flexibility index (Phi) is 8.39. The van der Waals surface area contributed by atoms with Crippen molar-refractivity contribution in [2.45, 2.75) is 18.9 Å². The fourth-order valence-electron chi connectivity index (χ4n) is 2.08. The highest BCUT2D eigenvalue weighted by Gasteiger charge is 2.16. The van der Waals surface area contributed by atoms with Gasteiger partial charge in [-0.15, -0.1) is 12.4 Å². The van der Waals surface area contributed by atoms with E-state index in [2.05, 4.69) is 10.6 Å². The molecular weight excluding hydrogens is 322 g/mol. The van der Waals surface area contributed by atoms with E-state index in [1.807, 2.05) is 6.07 Å². The molecule has 0 radical (unpaired) electrons. The van der Waals surface area contributed by atoms with E-state index < -0.39 is 0 Å². The van der Waals surface area contributed by atoms with Crippen LogP contribution in [0.4, 0.5) is 5.69 Å². The molecule has 23 heavy (non-hydrogen) atoms. The Hall–Kier alpha value is -1.83. The van der Waals surface area contributed by atoms with E-state index in [1.54, 1.807) is 18.2 Å². The molecule has 1 aromatic carbocycles. The summed E-state index contributed by atoms with van der Waals surface area (Å²) in [5.74, 6) is -0.0267. The number of hydrogen-bond donors (Lipinski definition) is 3. The molecular formula is C15H22ClN3O4. The molecule has 0 aromatic heterocycles. The fraction of sp³-hybridized carbons (Fsp3) is 0.467. The molecule has 1 unspecified atom stereocenters. The summed E-state index contributed by atoms with van der Waals surface area (Å²) in [5, 5.41) is 5.09. The molecule has 0 bridgehead atoms. The standard InChI is InChI=1S/C15H21N3O4.ClH/c16-8-14(19)17-9-15(20)18-11-3-1-4-12(7-11)22-10-13-5-2-6-21-13;/h1,3-4,7,13H,2,5-6,8-10,16H2,(H,17,19)(H,18,20);1H. The summed E-state index contributed by atoms with van der Waals surface area (Å²) < 4.78 is 11.2. The molecule has 7 nitrogen and oxygen atoms in total. The summed E-state index contributed by atoms with van der Waals surface area (Å²) in [6, 6.07) is 7.10. The van der Waals surface area contributed by atoms with Gasteiger partial charge < -0.3 is 25.8 Å². The van der Waals surface area contributed by atoms with E-state index in [9.17, 15) is 9.59 Å². The van der Waals surface area contributed by atoms with Crippen LogP contribution >= 0.6 is 12.4 Å². The van der Waals surface area contributed by atoms with Gasteiger partial charge in [0.2, 0.25) is 11.8 Å².